The predicted octanol–water partition coefficient (Wildman–Crippen LogP) is 4.45. The van der Waals surface area contributed by atoms with E-state index >= 15 is 0 Å². The van der Waals surface area contributed by atoms with Crippen LogP contribution in [0.25, 0.3) is 0 Å². The molecule has 3 nitrogen and oxygen atoms in total. The van der Waals surface area contributed by atoms with Gasteiger partial charge in [0, 0.05) is 0 Å². The van der Waals surface area contributed by atoms with Crippen LogP contribution >= 0.6 is 0 Å². The first-order valence-corrected chi connectivity index (χ1v) is 11.6. The van der Waals surface area contributed by atoms with Gasteiger partial charge in [0.1, 0.15) is 0 Å². The van der Waals surface area contributed by atoms with Crippen LogP contribution in [0.4, 0.5) is 0 Å². The van der Waals surface area contributed by atoms with Gasteiger partial charge in [-0.25, -0.2) is 0 Å². The Bertz CT molecular complexity index is 675. The third kappa shape index (κ3) is 5.87. The summed E-state index contributed by atoms with van der Waals surface area (Å²) in [5.41, 5.74) is 3.75. The highest BCUT2D eigenvalue weighted by atomic mass is 32.2. The van der Waals surface area contributed by atoms with E-state index in [9.17, 15) is 8.42 Å². The van der Waals surface area contributed by atoms with Crippen LogP contribution in [0.15, 0.2) is 29.7 Å². The van der Waals surface area contributed by atoms with Crippen molar-refractivity contribution >= 4 is 24.1 Å². The van der Waals surface area contributed by atoms with Gasteiger partial charge in [-0.15, -0.1) is 0 Å². The molecule has 0 bridgehead atoms. The third-order valence-corrected chi connectivity index (χ3v) is 8.29. The van der Waals surface area contributed by atoms with E-state index in [1.807, 2.05) is 0 Å². The highest BCUT2D eigenvalue weighted by Gasteiger charge is 2.30. The van der Waals surface area contributed by atoms with Crippen molar-refractivity contribution in [2.45, 2.75) is 71.4 Å². The number of hydrogen-bond donors (Lipinski definition) is 1. The Hall–Kier alpha value is -0.913. The molecule has 1 aromatic rings. The van der Waals surface area contributed by atoms with Gasteiger partial charge in [0.2, 0.25) is 0 Å². The van der Waals surface area contributed by atoms with Crippen molar-refractivity contribution in [3.63, 3.8) is 0 Å². The highest BCUT2D eigenvalue weighted by Crippen LogP contribution is 2.28. The number of rotatable bonds is 6. The lowest BCUT2D eigenvalue weighted by Gasteiger charge is -2.32. The average molecular weight is 368 g/mol. The molecule has 5 heteroatoms. The van der Waals surface area contributed by atoms with E-state index in [1.165, 1.54) is 16.3 Å². The summed E-state index contributed by atoms with van der Waals surface area (Å²) in [7, 11) is -4.88. The Labute approximate surface area is 149 Å². The molecule has 0 amide bonds. The molecule has 0 saturated heterocycles. The number of hydrogen-bond acceptors (Lipinski definition) is 2. The lowest BCUT2D eigenvalue weighted by atomic mass is 9.85. The Morgan fingerprint density at radius 2 is 1.67 bits per heavy atom. The molecule has 0 fully saturated rings. The molecule has 0 spiro atoms. The highest BCUT2D eigenvalue weighted by molar-refractivity contribution is 7.88. The maximum absolute atomic E-state index is 11.0. The second-order valence-corrected chi connectivity index (χ2v) is 13.0. The van der Waals surface area contributed by atoms with Crippen molar-refractivity contribution in [1.29, 1.82) is 0 Å². The molecule has 0 aliphatic carbocycles. The maximum atomic E-state index is 11.0. The van der Waals surface area contributed by atoms with E-state index in [0.717, 1.165) is 5.41 Å². The molecule has 135 valence electrons. The number of allylic oxidation sites excluding steroid dienone is 1. The molecule has 1 radical (unpaired) electrons. The smallest absolute Gasteiger partial charge is 0.282 e. The topological polar surface area (TPSA) is 54.4 Å². The lowest BCUT2D eigenvalue weighted by molar-refractivity contribution is 0.494. The summed E-state index contributed by atoms with van der Waals surface area (Å²) < 4.78 is 30.8. The van der Waals surface area contributed by atoms with Gasteiger partial charge in [-0.3, -0.25) is 4.55 Å². The largest absolute Gasteiger partial charge is 0.287 e. The van der Waals surface area contributed by atoms with Crippen molar-refractivity contribution in [3.8, 4) is 0 Å². The first-order chi connectivity index (χ1) is 10.8. The summed E-state index contributed by atoms with van der Waals surface area (Å²) in [4.78, 5) is 0. The molecule has 0 heterocycles. The zero-order valence-corrected chi connectivity index (χ0v) is 17.7. The monoisotopic (exact) mass is 367 g/mol. The Morgan fingerprint density at radius 3 is 2.08 bits per heavy atom. The van der Waals surface area contributed by atoms with Crippen LogP contribution < -0.4 is 5.19 Å². The second kappa shape index (κ2) is 7.98. The van der Waals surface area contributed by atoms with Gasteiger partial charge in [0.05, 0.1) is 14.2 Å². The van der Waals surface area contributed by atoms with Gasteiger partial charge < -0.3 is 0 Å². The summed E-state index contributed by atoms with van der Waals surface area (Å²) in [5, 5.41) is 2.32. The van der Waals surface area contributed by atoms with Gasteiger partial charge in [-0.1, -0.05) is 77.9 Å². The zero-order valence-electron chi connectivity index (χ0n) is 15.9. The molecule has 0 aliphatic heterocycles. The predicted molar refractivity (Wildman–Crippen MR) is 105 cm³/mol. The van der Waals surface area contributed by atoms with Gasteiger partial charge >= 0.3 is 0 Å². The molecule has 0 atom stereocenters. The van der Waals surface area contributed by atoms with Crippen LogP contribution in [0, 0.1) is 0 Å². The molecule has 1 N–H and O–H groups in total. The molecule has 1 rings (SSSR count). The van der Waals surface area contributed by atoms with Gasteiger partial charge in [0.15, 0.2) is 0 Å². The molecule has 0 unspecified atom stereocenters. The molecular formula is C19H31O3SSi. The molecular weight excluding hydrogens is 336 g/mol. The number of benzene rings is 1. The second-order valence-electron chi connectivity index (χ2n) is 7.95. The fourth-order valence-electron chi connectivity index (χ4n) is 3.28. The first kappa shape index (κ1) is 21.1. The van der Waals surface area contributed by atoms with E-state index in [-0.39, 0.29) is 5.41 Å². The van der Waals surface area contributed by atoms with Crippen molar-refractivity contribution < 1.29 is 13.0 Å². The van der Waals surface area contributed by atoms with Crippen molar-refractivity contribution in [2.24, 2.45) is 0 Å². The van der Waals surface area contributed by atoms with E-state index in [0.29, 0.717) is 17.5 Å². The van der Waals surface area contributed by atoms with Gasteiger partial charge in [0.25, 0.3) is 10.1 Å². The van der Waals surface area contributed by atoms with E-state index in [4.69, 9.17) is 4.55 Å². The molecule has 0 aliphatic rings. The molecule has 0 saturated carbocycles. The van der Waals surface area contributed by atoms with Crippen LogP contribution in [0.5, 0.6) is 0 Å². The molecule has 24 heavy (non-hydrogen) atoms. The normalized spacial score (nSPS) is 13.6. The minimum absolute atomic E-state index is 0.0395. The minimum Gasteiger partial charge on any atom is -0.282 e. The SMILES string of the molecule is CC(C)[Si](c1c(CC=CS(=O)(=O)O)cccc1C(C)(C)C)C(C)C. The van der Waals surface area contributed by atoms with Gasteiger partial charge in [-0.05, 0) is 34.0 Å². The van der Waals surface area contributed by atoms with Crippen molar-refractivity contribution in [3.05, 3.63) is 40.8 Å². The Morgan fingerprint density at radius 1 is 1.12 bits per heavy atom. The Balaban J connectivity index is 3.51. The summed E-state index contributed by atoms with van der Waals surface area (Å²) in [6.45, 7) is 15.8. The summed E-state index contributed by atoms with van der Waals surface area (Å²) in [6.07, 6.45) is 2.06. The fraction of sp³-hybridized carbons (Fsp3) is 0.579. The lowest BCUT2D eigenvalue weighted by Crippen LogP contribution is -2.43. The summed E-state index contributed by atoms with van der Waals surface area (Å²) in [5.74, 6) is 0. The van der Waals surface area contributed by atoms with Crippen LogP contribution in [0.2, 0.25) is 11.1 Å². The third-order valence-electron chi connectivity index (χ3n) is 4.10. The zero-order chi connectivity index (χ0) is 18.7. The van der Waals surface area contributed by atoms with Gasteiger partial charge in [-0.2, -0.15) is 8.42 Å². The van der Waals surface area contributed by atoms with E-state index in [2.05, 4.69) is 66.7 Å². The Kier molecular flexibility index (Phi) is 7.02. The maximum Gasteiger partial charge on any atom is 0.287 e. The quantitative estimate of drug-likeness (QED) is 0.597. The fourth-order valence-corrected chi connectivity index (χ4v) is 7.43. The molecule has 0 aromatic heterocycles. The standard InChI is InChI=1S/C19H31O3SSi/c1-14(2)24(15(3)4)18-16(11-9-13-23(20,21)22)10-8-12-17(18)19(5,6)7/h8-10,12-15H,11H2,1-7H3,(H,20,21,22). The van der Waals surface area contributed by atoms with Crippen molar-refractivity contribution in [2.75, 3.05) is 0 Å². The van der Waals surface area contributed by atoms with Crippen LogP contribution in [-0.4, -0.2) is 21.8 Å². The van der Waals surface area contributed by atoms with E-state index < -0.39 is 18.9 Å². The first-order valence-electron chi connectivity index (χ1n) is 8.48. The molecule has 1 aromatic carbocycles. The minimum atomic E-state index is -4.07. The summed E-state index contributed by atoms with van der Waals surface area (Å²) >= 11 is 0. The average Bonchev–Trinajstić information content (AvgIpc) is 2.36. The van der Waals surface area contributed by atoms with Crippen LogP contribution in [0.1, 0.15) is 59.6 Å². The van der Waals surface area contributed by atoms with Crippen molar-refractivity contribution in [1.82, 2.24) is 0 Å². The van der Waals surface area contributed by atoms with Crippen LogP contribution in [-0.2, 0) is 22.0 Å². The van der Waals surface area contributed by atoms with Crippen LogP contribution in [0.3, 0.4) is 0 Å². The van der Waals surface area contributed by atoms with E-state index in [1.54, 1.807) is 6.08 Å². The summed E-state index contributed by atoms with van der Waals surface area (Å²) in [6, 6.07) is 6.36.